The average molecular weight is 412 g/mol. The van der Waals surface area contributed by atoms with E-state index < -0.39 is 0 Å². The molecule has 1 aromatic carbocycles. The summed E-state index contributed by atoms with van der Waals surface area (Å²) in [4.78, 5) is 15.2. The summed E-state index contributed by atoms with van der Waals surface area (Å²) in [7, 11) is 3.46. The molecule has 1 aromatic rings. The summed E-state index contributed by atoms with van der Waals surface area (Å²) in [6.45, 7) is 4.71. The van der Waals surface area contributed by atoms with Crippen LogP contribution in [-0.4, -0.2) is 70.5 Å². The molecule has 2 atom stereocenters. The third-order valence-electron chi connectivity index (χ3n) is 5.65. The number of nitrogens with one attached hydrogen (secondary N) is 1. The van der Waals surface area contributed by atoms with Gasteiger partial charge in [0.25, 0.3) is 5.91 Å². The van der Waals surface area contributed by atoms with E-state index in [1.165, 1.54) is 0 Å². The van der Waals surface area contributed by atoms with Gasteiger partial charge >= 0.3 is 0 Å². The molecule has 1 amide bonds. The lowest BCUT2D eigenvalue weighted by molar-refractivity contribution is -0.0121. The van der Waals surface area contributed by atoms with Crippen LogP contribution in [0.5, 0.6) is 5.75 Å². The normalized spacial score (nSPS) is 22.0. The molecule has 7 nitrogen and oxygen atoms in total. The highest BCUT2D eigenvalue weighted by atomic mass is 35.5. The number of ether oxygens (including phenoxy) is 3. The molecule has 2 heterocycles. The molecule has 1 saturated heterocycles. The number of nitrogens with two attached hydrogens (primary N) is 1. The van der Waals surface area contributed by atoms with Gasteiger partial charge < -0.3 is 30.2 Å². The Morgan fingerprint density at radius 3 is 3.04 bits per heavy atom. The molecule has 0 radical (unpaired) electrons. The maximum atomic E-state index is 12.8. The van der Waals surface area contributed by atoms with Crippen molar-refractivity contribution < 1.29 is 19.0 Å². The maximum absolute atomic E-state index is 12.8. The number of benzene rings is 1. The molecule has 0 aromatic heterocycles. The molecular formula is C20H30ClN3O4. The fourth-order valence-electron chi connectivity index (χ4n) is 4.02. The van der Waals surface area contributed by atoms with E-state index in [1.54, 1.807) is 20.3 Å². The largest absolute Gasteiger partial charge is 0.492 e. The topological polar surface area (TPSA) is 86.1 Å². The Kier molecular flexibility index (Phi) is 7.40. The number of amides is 1. The van der Waals surface area contributed by atoms with Crippen LogP contribution in [0.3, 0.4) is 0 Å². The molecule has 2 aliphatic rings. The number of methoxy groups -OCH3 is 2. The van der Waals surface area contributed by atoms with Crippen molar-refractivity contribution in [3.8, 4) is 5.75 Å². The molecule has 0 aliphatic carbocycles. The van der Waals surface area contributed by atoms with Crippen LogP contribution in [0.25, 0.3) is 0 Å². The number of carbonyl (C=O) groups is 1. The molecule has 0 spiro atoms. The van der Waals surface area contributed by atoms with Gasteiger partial charge in [-0.1, -0.05) is 11.6 Å². The third-order valence-corrected chi connectivity index (χ3v) is 5.96. The second-order valence-corrected chi connectivity index (χ2v) is 7.81. The lowest BCUT2D eigenvalue weighted by atomic mass is 9.93. The highest BCUT2D eigenvalue weighted by molar-refractivity contribution is 6.33. The number of likely N-dealkylation sites (tertiary alicyclic amines) is 1. The molecule has 3 rings (SSSR count). The number of piperidine rings is 1. The predicted octanol–water partition coefficient (Wildman–Crippen LogP) is 1.96. The number of nitrogens with zero attached hydrogens (tertiary/aromatic N) is 1. The summed E-state index contributed by atoms with van der Waals surface area (Å²) in [5.74, 6) is 0.652. The van der Waals surface area contributed by atoms with Crippen LogP contribution in [0.1, 0.15) is 28.8 Å². The average Bonchev–Trinajstić information content (AvgIpc) is 3.19. The van der Waals surface area contributed by atoms with Crippen molar-refractivity contribution in [1.82, 2.24) is 10.2 Å². The van der Waals surface area contributed by atoms with E-state index in [0.29, 0.717) is 41.6 Å². The summed E-state index contributed by atoms with van der Waals surface area (Å²) in [5, 5.41) is 3.44. The number of hydrogen-bond acceptors (Lipinski definition) is 6. The van der Waals surface area contributed by atoms with Crippen LogP contribution in [0.15, 0.2) is 6.07 Å². The third kappa shape index (κ3) is 4.71. The molecule has 1 fully saturated rings. The fourth-order valence-corrected chi connectivity index (χ4v) is 4.24. The lowest BCUT2D eigenvalue weighted by Crippen LogP contribution is -2.48. The standard InChI is InChI=1S/C20H30ClN3O4/c1-26-8-3-6-24-7-4-13(17(12-24)27-2)11-23-20(25)15-10-16(21)18(22)14-5-9-28-19(14)15/h10,13,17H,3-9,11-12,22H2,1-2H3,(H,23,25)/t13-,17+/m1/s1. The molecule has 0 saturated carbocycles. The number of fused-ring (bicyclic) bond motifs is 1. The van der Waals surface area contributed by atoms with Crippen LogP contribution in [0.4, 0.5) is 5.69 Å². The van der Waals surface area contributed by atoms with Crippen molar-refractivity contribution >= 4 is 23.2 Å². The molecule has 3 N–H and O–H groups in total. The summed E-state index contributed by atoms with van der Waals surface area (Å²) in [6, 6.07) is 1.60. The van der Waals surface area contributed by atoms with Gasteiger partial charge in [-0.3, -0.25) is 4.79 Å². The van der Waals surface area contributed by atoms with Crippen LogP contribution >= 0.6 is 11.6 Å². The minimum absolute atomic E-state index is 0.0913. The van der Waals surface area contributed by atoms with Gasteiger partial charge in [0, 0.05) is 58.4 Å². The Morgan fingerprint density at radius 1 is 1.46 bits per heavy atom. The number of hydrogen-bond donors (Lipinski definition) is 2. The van der Waals surface area contributed by atoms with Crippen LogP contribution in [-0.2, 0) is 15.9 Å². The minimum atomic E-state index is -0.183. The van der Waals surface area contributed by atoms with E-state index in [9.17, 15) is 4.79 Å². The summed E-state index contributed by atoms with van der Waals surface area (Å²) >= 11 is 6.21. The molecular weight excluding hydrogens is 382 g/mol. The Balaban J connectivity index is 1.58. The number of nitrogen functional groups attached to an aromatic ring is 1. The lowest BCUT2D eigenvalue weighted by Gasteiger charge is -2.37. The van der Waals surface area contributed by atoms with Crippen LogP contribution < -0.4 is 15.8 Å². The highest BCUT2D eigenvalue weighted by Crippen LogP contribution is 2.38. The van der Waals surface area contributed by atoms with E-state index in [-0.39, 0.29) is 17.9 Å². The summed E-state index contributed by atoms with van der Waals surface area (Å²) in [6.07, 6.45) is 2.75. The number of anilines is 1. The van der Waals surface area contributed by atoms with Crippen LogP contribution in [0.2, 0.25) is 5.02 Å². The van der Waals surface area contributed by atoms with Gasteiger partial charge in [0.2, 0.25) is 0 Å². The van der Waals surface area contributed by atoms with Gasteiger partial charge in [-0.15, -0.1) is 0 Å². The Bertz CT molecular complexity index is 701. The quantitative estimate of drug-likeness (QED) is 0.502. The Hall–Kier alpha value is -1.54. The molecule has 156 valence electrons. The van der Waals surface area contributed by atoms with Crippen molar-refractivity contribution in [2.24, 2.45) is 5.92 Å². The van der Waals surface area contributed by atoms with Gasteiger partial charge in [0.15, 0.2) is 0 Å². The van der Waals surface area contributed by atoms with Crippen molar-refractivity contribution in [2.45, 2.75) is 25.4 Å². The summed E-state index contributed by atoms with van der Waals surface area (Å²) < 4.78 is 16.5. The fraction of sp³-hybridized carbons (Fsp3) is 0.650. The zero-order valence-electron chi connectivity index (χ0n) is 16.6. The van der Waals surface area contributed by atoms with E-state index in [4.69, 9.17) is 31.5 Å². The van der Waals surface area contributed by atoms with Crippen molar-refractivity contribution in [1.29, 1.82) is 0 Å². The van der Waals surface area contributed by atoms with Gasteiger partial charge in [0.05, 0.1) is 29.0 Å². The van der Waals surface area contributed by atoms with E-state index in [2.05, 4.69) is 10.2 Å². The van der Waals surface area contributed by atoms with Gasteiger partial charge in [-0.05, 0) is 25.5 Å². The first-order valence-corrected chi connectivity index (χ1v) is 10.2. The Morgan fingerprint density at radius 2 is 2.29 bits per heavy atom. The van der Waals surface area contributed by atoms with Gasteiger partial charge in [-0.2, -0.15) is 0 Å². The van der Waals surface area contributed by atoms with Crippen molar-refractivity contribution in [3.05, 3.63) is 22.2 Å². The first-order valence-electron chi connectivity index (χ1n) is 9.81. The zero-order valence-corrected chi connectivity index (χ0v) is 17.4. The van der Waals surface area contributed by atoms with Crippen molar-refractivity contribution in [2.75, 3.05) is 59.3 Å². The van der Waals surface area contributed by atoms with Crippen LogP contribution in [0, 0.1) is 5.92 Å². The first kappa shape index (κ1) is 21.2. The maximum Gasteiger partial charge on any atom is 0.255 e. The highest BCUT2D eigenvalue weighted by Gasteiger charge is 2.30. The smallest absolute Gasteiger partial charge is 0.255 e. The second kappa shape index (κ2) is 9.78. The predicted molar refractivity (Wildman–Crippen MR) is 109 cm³/mol. The zero-order chi connectivity index (χ0) is 20.1. The molecule has 2 aliphatic heterocycles. The molecule has 8 heteroatoms. The minimum Gasteiger partial charge on any atom is -0.492 e. The van der Waals surface area contributed by atoms with E-state index in [0.717, 1.165) is 44.6 Å². The first-order chi connectivity index (χ1) is 13.5. The van der Waals surface area contributed by atoms with Crippen molar-refractivity contribution in [3.63, 3.8) is 0 Å². The number of carbonyl (C=O) groups excluding carboxylic acids is 1. The van der Waals surface area contributed by atoms with E-state index in [1.807, 2.05) is 0 Å². The van der Waals surface area contributed by atoms with E-state index >= 15 is 0 Å². The number of halogens is 1. The molecule has 0 unspecified atom stereocenters. The Labute approximate surface area is 171 Å². The second-order valence-electron chi connectivity index (χ2n) is 7.41. The monoisotopic (exact) mass is 411 g/mol. The summed E-state index contributed by atoms with van der Waals surface area (Å²) in [5.41, 5.74) is 7.81. The number of rotatable bonds is 8. The SMILES string of the molecule is COCCCN1CC[C@H](CNC(=O)c2cc(Cl)c(N)c3c2OCC3)[C@@H](OC)C1. The molecule has 28 heavy (non-hydrogen) atoms. The molecule has 0 bridgehead atoms. The van der Waals surface area contributed by atoms with Gasteiger partial charge in [-0.25, -0.2) is 0 Å². The van der Waals surface area contributed by atoms with Gasteiger partial charge in [0.1, 0.15) is 5.75 Å².